The second kappa shape index (κ2) is 9.85. The molecule has 0 heterocycles. The predicted molar refractivity (Wildman–Crippen MR) is 113 cm³/mol. The van der Waals surface area contributed by atoms with Crippen molar-refractivity contribution < 1.29 is 40.4 Å². The first-order valence-electron chi connectivity index (χ1n) is 10.1. The molecule has 2 aromatic rings. The van der Waals surface area contributed by atoms with E-state index < -0.39 is 51.5 Å². The molecule has 6 nitrogen and oxygen atoms in total. The van der Waals surface area contributed by atoms with Gasteiger partial charge in [-0.25, -0.2) is 4.79 Å². The average molecular weight is 482 g/mol. The molecule has 0 aliphatic heterocycles. The molecule has 1 aliphatic rings. The summed E-state index contributed by atoms with van der Waals surface area (Å²) in [4.78, 5) is 12.2. The fourth-order valence-electron chi connectivity index (χ4n) is 3.41. The fourth-order valence-corrected chi connectivity index (χ4v) is 3.70. The van der Waals surface area contributed by atoms with Crippen molar-refractivity contribution in [1.82, 2.24) is 0 Å². The highest BCUT2D eigenvalue weighted by Crippen LogP contribution is 2.41. The van der Waals surface area contributed by atoms with Crippen molar-refractivity contribution in [2.75, 3.05) is 12.4 Å². The Morgan fingerprint density at radius 3 is 2.36 bits per heavy atom. The summed E-state index contributed by atoms with van der Waals surface area (Å²) in [5, 5.41) is 0. The lowest BCUT2D eigenvalue weighted by atomic mass is 10.0. The van der Waals surface area contributed by atoms with Gasteiger partial charge in [0.15, 0.2) is 5.60 Å². The molecule has 1 saturated carbocycles. The van der Waals surface area contributed by atoms with Gasteiger partial charge in [-0.15, -0.1) is 0 Å². The average Bonchev–Trinajstić information content (AvgIpc) is 3.20. The van der Waals surface area contributed by atoms with Crippen LogP contribution in [0.3, 0.4) is 0 Å². The van der Waals surface area contributed by atoms with E-state index in [1.807, 2.05) is 6.07 Å². The Labute approximate surface area is 189 Å². The van der Waals surface area contributed by atoms with Gasteiger partial charge in [0.05, 0.1) is 11.1 Å². The second-order valence-electron chi connectivity index (χ2n) is 7.55. The van der Waals surface area contributed by atoms with E-state index in [0.29, 0.717) is 24.5 Å². The van der Waals surface area contributed by atoms with Crippen LogP contribution in [0.2, 0.25) is 0 Å². The molecule has 0 radical (unpaired) electrons. The van der Waals surface area contributed by atoms with Crippen molar-refractivity contribution in [3.8, 4) is 17.6 Å². The van der Waals surface area contributed by atoms with E-state index in [0.717, 1.165) is 25.0 Å². The third-order valence-electron chi connectivity index (χ3n) is 5.02. The number of benzene rings is 2. The Balaban J connectivity index is 1.91. The van der Waals surface area contributed by atoms with Gasteiger partial charge in [0, 0.05) is 5.56 Å². The lowest BCUT2D eigenvalue weighted by molar-refractivity contribution is -0.139. The zero-order chi connectivity index (χ0) is 24.1. The number of esters is 1. The standard InChI is InChI=1S/C23H21F3O6S/c24-23(25,26)19-9-8-18(21(27)31-14-15-33(28,29)30)16-20(19)32-22(11-4-5-12-22)13-10-17-6-2-1-3-7-17/h1-3,6-9,16H,4-5,11-12,14-15H2,(H,28,29,30). The molecular weight excluding hydrogens is 461 g/mol. The first-order chi connectivity index (χ1) is 15.5. The van der Waals surface area contributed by atoms with E-state index in [1.54, 1.807) is 24.3 Å². The molecular formula is C23H21F3O6S. The van der Waals surface area contributed by atoms with E-state index in [2.05, 4.69) is 11.8 Å². The Hall–Kier alpha value is -3.03. The van der Waals surface area contributed by atoms with E-state index in [9.17, 15) is 26.4 Å². The minimum Gasteiger partial charge on any atom is -0.474 e. The zero-order valence-electron chi connectivity index (χ0n) is 17.4. The minimum absolute atomic E-state index is 0.252. The van der Waals surface area contributed by atoms with Gasteiger partial charge in [-0.1, -0.05) is 30.0 Å². The number of rotatable bonds is 6. The molecule has 0 spiro atoms. The fraction of sp³-hybridized carbons (Fsp3) is 0.348. The van der Waals surface area contributed by atoms with Gasteiger partial charge in [0.1, 0.15) is 18.1 Å². The van der Waals surface area contributed by atoms with Gasteiger partial charge < -0.3 is 9.47 Å². The molecule has 3 rings (SSSR count). The quantitative estimate of drug-likeness (QED) is 0.371. The van der Waals surface area contributed by atoms with Crippen LogP contribution in [0.5, 0.6) is 5.75 Å². The summed E-state index contributed by atoms with van der Waals surface area (Å²) in [5.41, 5.74) is -1.77. The first-order valence-corrected chi connectivity index (χ1v) is 11.7. The Kier molecular flexibility index (Phi) is 7.34. The molecule has 10 heteroatoms. The van der Waals surface area contributed by atoms with Crippen molar-refractivity contribution in [1.29, 1.82) is 0 Å². The third kappa shape index (κ3) is 6.97. The largest absolute Gasteiger partial charge is 0.474 e. The lowest BCUT2D eigenvalue weighted by Gasteiger charge is -2.27. The number of ether oxygens (including phenoxy) is 2. The van der Waals surface area contributed by atoms with Crippen LogP contribution in [-0.2, 0) is 21.0 Å². The number of carbonyl (C=O) groups excluding carboxylic acids is 1. The summed E-state index contributed by atoms with van der Waals surface area (Å²) >= 11 is 0. The number of carbonyl (C=O) groups is 1. The highest BCUT2D eigenvalue weighted by molar-refractivity contribution is 7.85. The lowest BCUT2D eigenvalue weighted by Crippen LogP contribution is -2.32. The molecule has 0 saturated heterocycles. The molecule has 0 unspecified atom stereocenters. The Morgan fingerprint density at radius 1 is 1.09 bits per heavy atom. The highest BCUT2D eigenvalue weighted by Gasteiger charge is 2.40. The summed E-state index contributed by atoms with van der Waals surface area (Å²) in [6, 6.07) is 11.5. The van der Waals surface area contributed by atoms with Crippen LogP contribution in [0.1, 0.15) is 47.2 Å². The highest BCUT2D eigenvalue weighted by atomic mass is 32.2. The summed E-state index contributed by atoms with van der Waals surface area (Å²) < 4.78 is 81.7. The summed E-state index contributed by atoms with van der Waals surface area (Å²) in [7, 11) is -4.36. The summed E-state index contributed by atoms with van der Waals surface area (Å²) in [6.07, 6.45) is -2.44. The van der Waals surface area contributed by atoms with Gasteiger partial charge in [0.2, 0.25) is 0 Å². The normalized spacial score (nSPS) is 15.4. The van der Waals surface area contributed by atoms with Crippen molar-refractivity contribution in [3.63, 3.8) is 0 Å². The first kappa shape index (κ1) is 24.6. The van der Waals surface area contributed by atoms with Crippen molar-refractivity contribution >= 4 is 16.1 Å². The van der Waals surface area contributed by atoms with Crippen LogP contribution >= 0.6 is 0 Å². The third-order valence-corrected chi connectivity index (χ3v) is 5.70. The molecule has 2 aromatic carbocycles. The van der Waals surface area contributed by atoms with Crippen molar-refractivity contribution in [3.05, 3.63) is 65.2 Å². The topological polar surface area (TPSA) is 89.9 Å². The minimum atomic E-state index is -4.74. The Bertz CT molecular complexity index is 1160. The van der Waals surface area contributed by atoms with Gasteiger partial charge in [-0.2, -0.15) is 21.6 Å². The van der Waals surface area contributed by atoms with Crippen LogP contribution in [0, 0.1) is 11.8 Å². The molecule has 1 aliphatic carbocycles. The maximum atomic E-state index is 13.6. The summed E-state index contributed by atoms with van der Waals surface area (Å²) in [5.74, 6) is 3.50. The second-order valence-corrected chi connectivity index (χ2v) is 9.12. The van der Waals surface area contributed by atoms with E-state index in [-0.39, 0.29) is 5.56 Å². The molecule has 1 fully saturated rings. The maximum absolute atomic E-state index is 13.6. The van der Waals surface area contributed by atoms with Crippen molar-refractivity contribution in [2.45, 2.75) is 37.5 Å². The van der Waals surface area contributed by atoms with Gasteiger partial charge in [-0.05, 0) is 56.0 Å². The maximum Gasteiger partial charge on any atom is 0.419 e. The number of alkyl halides is 3. The van der Waals surface area contributed by atoms with Gasteiger partial charge in [-0.3, -0.25) is 4.55 Å². The summed E-state index contributed by atoms with van der Waals surface area (Å²) in [6.45, 7) is -0.651. The molecule has 0 bridgehead atoms. The van der Waals surface area contributed by atoms with Crippen LogP contribution in [0.4, 0.5) is 13.2 Å². The molecule has 0 amide bonds. The van der Waals surface area contributed by atoms with Crippen molar-refractivity contribution in [2.24, 2.45) is 0 Å². The smallest absolute Gasteiger partial charge is 0.419 e. The number of hydrogen-bond acceptors (Lipinski definition) is 5. The molecule has 176 valence electrons. The van der Waals surface area contributed by atoms with E-state index in [1.165, 1.54) is 0 Å². The monoisotopic (exact) mass is 482 g/mol. The van der Waals surface area contributed by atoms with Crippen LogP contribution in [-0.4, -0.2) is 36.9 Å². The van der Waals surface area contributed by atoms with Crippen LogP contribution < -0.4 is 4.74 Å². The van der Waals surface area contributed by atoms with E-state index >= 15 is 0 Å². The van der Waals surface area contributed by atoms with Crippen LogP contribution in [0.15, 0.2) is 48.5 Å². The molecule has 1 N–H and O–H groups in total. The number of halogens is 3. The molecule has 33 heavy (non-hydrogen) atoms. The van der Waals surface area contributed by atoms with Gasteiger partial charge >= 0.3 is 12.1 Å². The molecule has 0 aromatic heterocycles. The van der Waals surface area contributed by atoms with E-state index in [4.69, 9.17) is 14.0 Å². The molecule has 0 atom stereocenters. The predicted octanol–water partition coefficient (Wildman–Crippen LogP) is 4.49. The number of hydrogen-bond donors (Lipinski definition) is 1. The Morgan fingerprint density at radius 2 is 1.76 bits per heavy atom. The zero-order valence-corrected chi connectivity index (χ0v) is 18.2. The van der Waals surface area contributed by atoms with Crippen LogP contribution in [0.25, 0.3) is 0 Å². The SMILES string of the molecule is O=C(OCCS(=O)(=O)O)c1ccc(C(F)(F)F)c(OC2(C#Cc3ccccc3)CCCC2)c1. The van der Waals surface area contributed by atoms with Gasteiger partial charge in [0.25, 0.3) is 10.1 Å².